The van der Waals surface area contributed by atoms with Crippen molar-refractivity contribution in [1.29, 1.82) is 5.53 Å². The normalized spacial score (nSPS) is 11.9. The molecule has 0 aliphatic carbocycles. The summed E-state index contributed by atoms with van der Waals surface area (Å²) < 4.78 is 35.9. The topological polar surface area (TPSA) is 165 Å². The van der Waals surface area contributed by atoms with Crippen LogP contribution < -0.4 is 10.1 Å². The van der Waals surface area contributed by atoms with E-state index in [2.05, 4.69) is 15.3 Å². The first kappa shape index (κ1) is 25.8. The molecule has 0 fully saturated rings. The van der Waals surface area contributed by atoms with E-state index in [1.165, 1.54) is 10.6 Å². The number of pyridine rings is 2. The molecule has 0 radical (unpaired) electrons. The fraction of sp³-hybridized carbons (Fsp3) is 0.273. The number of benzene rings is 1. The summed E-state index contributed by atoms with van der Waals surface area (Å²) in [4.78, 5) is 14.7. The minimum atomic E-state index is -4.65. The van der Waals surface area contributed by atoms with Crippen LogP contribution in [0.15, 0.2) is 73.8 Å². The predicted molar refractivity (Wildman–Crippen MR) is 127 cm³/mol. The maximum Gasteiger partial charge on any atom is 0.326 e. The molecule has 0 atom stereocenters. The number of nitrogens with one attached hydrogen (secondary N) is 1. The number of azo groups is 1. The number of aromatic hydroxyl groups is 1. The van der Waals surface area contributed by atoms with E-state index in [1.807, 2.05) is 19.0 Å². The van der Waals surface area contributed by atoms with Gasteiger partial charge in [0.25, 0.3) is 15.8 Å². The highest BCUT2D eigenvalue weighted by molar-refractivity contribution is 7.86. The van der Waals surface area contributed by atoms with Crippen molar-refractivity contribution >= 4 is 27.2 Å². The smallest absolute Gasteiger partial charge is 0.326 e. The Hall–Kier alpha value is -3.81. The lowest BCUT2D eigenvalue weighted by molar-refractivity contribution is -0.597. The zero-order chi connectivity index (χ0) is 25.8. The van der Waals surface area contributed by atoms with Crippen LogP contribution >= 0.6 is 0 Å². The lowest BCUT2D eigenvalue weighted by Gasteiger charge is -2.14. The molecule has 35 heavy (non-hydrogen) atoms. The molecule has 0 aliphatic heterocycles. The third kappa shape index (κ3) is 5.82. The Kier molecular flexibility index (Phi) is 7.84. The number of hydrogen-bond donors (Lipinski definition) is 3. The Morgan fingerprint density at radius 1 is 1.14 bits per heavy atom. The Morgan fingerprint density at radius 3 is 2.43 bits per heavy atom. The summed E-state index contributed by atoms with van der Waals surface area (Å²) in [7, 11) is -0.861. The van der Waals surface area contributed by atoms with Crippen LogP contribution in [0.2, 0.25) is 0 Å². The summed E-state index contributed by atoms with van der Waals surface area (Å²) in [5.41, 5.74) is 7.04. The van der Waals surface area contributed by atoms with Gasteiger partial charge in [-0.05, 0) is 52.2 Å². The van der Waals surface area contributed by atoms with Gasteiger partial charge in [-0.3, -0.25) is 13.9 Å². The van der Waals surface area contributed by atoms with Gasteiger partial charge in [-0.2, -0.15) is 18.1 Å². The molecule has 3 N–H and O–H groups in total. The molecular weight excluding hydrogens is 474 g/mol. The molecule has 0 bridgehead atoms. The van der Waals surface area contributed by atoms with Crippen molar-refractivity contribution in [3.63, 3.8) is 0 Å². The number of hydrogen-bond acceptors (Lipinski definition) is 9. The second kappa shape index (κ2) is 10.6. The minimum Gasteiger partial charge on any atom is -0.493 e. The van der Waals surface area contributed by atoms with Crippen LogP contribution in [0.3, 0.4) is 0 Å². The fourth-order valence-electron chi connectivity index (χ4n) is 3.49. The quantitative estimate of drug-likeness (QED) is 0.231. The molecule has 0 saturated carbocycles. The molecule has 12 nitrogen and oxygen atoms in total. The number of rotatable bonds is 9. The zero-order valence-corrected chi connectivity index (χ0v) is 20.3. The maximum absolute atomic E-state index is 13.3. The molecule has 184 valence electrons. The van der Waals surface area contributed by atoms with Gasteiger partial charge in [0.2, 0.25) is 5.88 Å². The second-order valence-electron chi connectivity index (χ2n) is 7.98. The highest BCUT2D eigenvalue weighted by Crippen LogP contribution is 2.35. The highest BCUT2D eigenvalue weighted by Gasteiger charge is 2.26. The van der Waals surface area contributed by atoms with Crippen LogP contribution in [0.5, 0.6) is 5.88 Å². The summed E-state index contributed by atoms with van der Waals surface area (Å²) >= 11 is 0. The second-order valence-corrected chi connectivity index (χ2v) is 9.37. The molecular formula is C22H26N7O5S+. The first-order valence-electron chi connectivity index (χ1n) is 10.5. The van der Waals surface area contributed by atoms with Gasteiger partial charge >= 0.3 is 5.56 Å². The number of nitrogens with zero attached hydrogens (tertiary/aromatic N) is 6. The van der Waals surface area contributed by atoms with Gasteiger partial charge in [-0.15, -0.1) is 10.2 Å². The van der Waals surface area contributed by atoms with E-state index in [0.717, 1.165) is 12.1 Å². The molecule has 0 aliphatic rings. The Morgan fingerprint density at radius 2 is 1.83 bits per heavy atom. The van der Waals surface area contributed by atoms with E-state index in [4.69, 9.17) is 5.53 Å². The van der Waals surface area contributed by atoms with Crippen molar-refractivity contribution in [3.8, 4) is 11.6 Å². The summed E-state index contributed by atoms with van der Waals surface area (Å²) in [6.45, 7) is 2.47. The van der Waals surface area contributed by atoms with E-state index in [9.17, 15) is 22.9 Å². The molecule has 0 unspecified atom stereocenters. The van der Waals surface area contributed by atoms with Crippen LogP contribution in [0, 0.1) is 12.5 Å². The summed E-state index contributed by atoms with van der Waals surface area (Å²) in [5, 5.41) is 22.2. The minimum absolute atomic E-state index is 0.0460. The van der Waals surface area contributed by atoms with Crippen molar-refractivity contribution in [2.24, 2.45) is 15.3 Å². The summed E-state index contributed by atoms with van der Waals surface area (Å²) in [6, 6.07) is 8.73. The van der Waals surface area contributed by atoms with Gasteiger partial charge in [-0.1, -0.05) is 6.07 Å². The van der Waals surface area contributed by atoms with Gasteiger partial charge in [0.1, 0.15) is 10.6 Å². The van der Waals surface area contributed by atoms with Crippen molar-refractivity contribution in [1.82, 2.24) is 9.47 Å². The van der Waals surface area contributed by atoms with Gasteiger partial charge in [0.15, 0.2) is 18.1 Å². The Labute approximate surface area is 202 Å². The van der Waals surface area contributed by atoms with Gasteiger partial charge < -0.3 is 10.0 Å². The van der Waals surface area contributed by atoms with Crippen molar-refractivity contribution in [2.45, 2.75) is 24.8 Å². The summed E-state index contributed by atoms with van der Waals surface area (Å²) in [6.07, 6.45) is 3.93. The van der Waals surface area contributed by atoms with E-state index >= 15 is 0 Å². The molecule has 0 saturated heterocycles. The SMILES string of the molecule is Cc1c(/N=N/c2cc(N=N)ccc2S(=O)(=O)O)c(O)n(CCCN(C)C)c(=O)c1-[n+]1ccccc1. The highest BCUT2D eigenvalue weighted by atomic mass is 32.2. The van der Waals surface area contributed by atoms with Crippen LogP contribution in [0.4, 0.5) is 17.1 Å². The van der Waals surface area contributed by atoms with Crippen LogP contribution in [-0.2, 0) is 16.7 Å². The van der Waals surface area contributed by atoms with Gasteiger partial charge in [0.05, 0.1) is 11.3 Å². The first-order chi connectivity index (χ1) is 16.5. The summed E-state index contributed by atoms with van der Waals surface area (Å²) in [5.74, 6) is -0.426. The van der Waals surface area contributed by atoms with Crippen molar-refractivity contribution in [2.75, 3.05) is 20.6 Å². The van der Waals surface area contributed by atoms with E-state index < -0.39 is 26.5 Å². The standard InChI is InChI=1S/C22H25N7O5S/c1-15-19(26-25-17-14-16(24-23)8-9-18(17)35(32,33)34)21(30)29(13-7-10-27(2)3)22(31)20(15)28-11-5-4-6-12-28/h4-6,8-9,11-12,14,23H,7,10,13H2,1-3H3,(H-,25,30,31,32,33,34)/p+1. The molecule has 2 aromatic heterocycles. The van der Waals surface area contributed by atoms with Crippen LogP contribution in [0.1, 0.15) is 12.0 Å². The predicted octanol–water partition coefficient (Wildman–Crippen LogP) is 3.42. The maximum atomic E-state index is 13.3. The fourth-order valence-corrected chi connectivity index (χ4v) is 4.10. The van der Waals surface area contributed by atoms with E-state index in [-0.39, 0.29) is 29.3 Å². The van der Waals surface area contributed by atoms with Gasteiger partial charge in [-0.25, -0.2) is 5.53 Å². The van der Waals surface area contributed by atoms with E-state index in [0.29, 0.717) is 18.5 Å². The van der Waals surface area contributed by atoms with Gasteiger partial charge in [0, 0.05) is 18.7 Å². The average molecular weight is 501 g/mol. The van der Waals surface area contributed by atoms with Crippen LogP contribution in [-0.4, -0.2) is 48.2 Å². The third-order valence-electron chi connectivity index (χ3n) is 5.19. The molecule has 3 rings (SSSR count). The molecule has 3 aromatic rings. The largest absolute Gasteiger partial charge is 0.493 e. The third-order valence-corrected chi connectivity index (χ3v) is 6.09. The zero-order valence-electron chi connectivity index (χ0n) is 19.5. The first-order valence-corrected chi connectivity index (χ1v) is 12.0. The molecule has 0 spiro atoms. The lowest BCUT2D eigenvalue weighted by Crippen LogP contribution is -2.40. The average Bonchev–Trinajstić information content (AvgIpc) is 2.81. The molecule has 0 amide bonds. The Bertz CT molecular complexity index is 1430. The molecule has 2 heterocycles. The monoisotopic (exact) mass is 500 g/mol. The molecule has 13 heteroatoms. The Balaban J connectivity index is 2.23. The van der Waals surface area contributed by atoms with E-state index in [1.54, 1.807) is 42.1 Å². The number of aromatic nitrogens is 2. The lowest BCUT2D eigenvalue weighted by atomic mass is 10.2. The van der Waals surface area contributed by atoms with Crippen molar-refractivity contribution in [3.05, 3.63) is 64.7 Å². The molecule has 1 aromatic carbocycles. The van der Waals surface area contributed by atoms with Crippen molar-refractivity contribution < 1.29 is 22.6 Å². The van der Waals surface area contributed by atoms with Crippen LogP contribution in [0.25, 0.3) is 5.69 Å².